The Kier molecular flexibility index (Phi) is 2.67. The fourth-order valence-electron chi connectivity index (χ4n) is 5.51. The molecular weight excluding hydrogens is 288 g/mol. The van der Waals surface area contributed by atoms with E-state index in [1.165, 1.54) is 16.6 Å². The second kappa shape index (κ2) is 4.46. The van der Waals surface area contributed by atoms with Crippen LogP contribution in [0.5, 0.6) is 0 Å². The molecule has 1 fully saturated rings. The van der Waals surface area contributed by atoms with Crippen LogP contribution in [-0.4, -0.2) is 39.7 Å². The molecule has 0 radical (unpaired) electrons. The molecule has 3 aliphatic heterocycles. The van der Waals surface area contributed by atoms with E-state index >= 15 is 0 Å². The molecule has 120 valence electrons. The summed E-state index contributed by atoms with van der Waals surface area (Å²) < 4.78 is 1.84. The van der Waals surface area contributed by atoms with Crippen LogP contribution in [0.4, 0.5) is 0 Å². The van der Waals surface area contributed by atoms with Crippen LogP contribution in [-0.2, 0) is 6.42 Å². The minimum Gasteiger partial charge on any atom is -0.383 e. The van der Waals surface area contributed by atoms with Crippen molar-refractivity contribution in [2.45, 2.75) is 44.8 Å². The number of carbonyl (C=O) groups is 1. The van der Waals surface area contributed by atoms with Crippen LogP contribution in [0, 0.1) is 5.41 Å². The number of fused-ring (bicyclic) bond motifs is 3. The third-order valence-electron chi connectivity index (χ3n) is 6.58. The summed E-state index contributed by atoms with van der Waals surface area (Å²) in [7, 11) is 0. The summed E-state index contributed by atoms with van der Waals surface area (Å²) in [5, 5.41) is 12.2. The molecule has 1 N–H and O–H groups in total. The SMILES string of the molecule is CC[C@@]12CCCN3CCc4c(n(c5ccccc45)C(=O)[C@@H]1O)[C@H]32. The fourth-order valence-corrected chi connectivity index (χ4v) is 5.51. The Morgan fingerprint density at radius 1 is 1.30 bits per heavy atom. The van der Waals surface area contributed by atoms with Crippen molar-refractivity contribution in [3.8, 4) is 0 Å². The number of hydrogen-bond acceptors (Lipinski definition) is 3. The molecule has 0 spiro atoms. The molecule has 5 rings (SSSR count). The molecule has 4 heteroatoms. The third kappa shape index (κ3) is 1.47. The summed E-state index contributed by atoms with van der Waals surface area (Å²) >= 11 is 0. The number of rotatable bonds is 1. The molecule has 3 atom stereocenters. The second-order valence-corrected chi connectivity index (χ2v) is 7.34. The van der Waals surface area contributed by atoms with Crippen LogP contribution in [0.25, 0.3) is 10.9 Å². The number of benzene rings is 1. The highest BCUT2D eigenvalue weighted by atomic mass is 16.3. The van der Waals surface area contributed by atoms with Crippen molar-refractivity contribution in [3.63, 3.8) is 0 Å². The van der Waals surface area contributed by atoms with Gasteiger partial charge in [0, 0.05) is 23.0 Å². The van der Waals surface area contributed by atoms with Crippen molar-refractivity contribution < 1.29 is 9.90 Å². The second-order valence-electron chi connectivity index (χ2n) is 7.34. The first kappa shape index (κ1) is 13.8. The van der Waals surface area contributed by atoms with Gasteiger partial charge in [-0.2, -0.15) is 0 Å². The van der Waals surface area contributed by atoms with Gasteiger partial charge in [0.2, 0.25) is 0 Å². The lowest BCUT2D eigenvalue weighted by Gasteiger charge is -2.56. The Labute approximate surface area is 135 Å². The monoisotopic (exact) mass is 310 g/mol. The molecule has 1 aromatic carbocycles. The molecule has 1 aromatic heterocycles. The lowest BCUT2D eigenvalue weighted by atomic mass is 9.63. The maximum atomic E-state index is 13.1. The van der Waals surface area contributed by atoms with Gasteiger partial charge in [0.05, 0.1) is 11.6 Å². The van der Waals surface area contributed by atoms with Gasteiger partial charge in [0.1, 0.15) is 6.10 Å². The van der Waals surface area contributed by atoms with Crippen molar-refractivity contribution in [2.75, 3.05) is 13.1 Å². The van der Waals surface area contributed by atoms with E-state index in [0.717, 1.165) is 44.3 Å². The third-order valence-corrected chi connectivity index (χ3v) is 6.58. The van der Waals surface area contributed by atoms with Gasteiger partial charge in [-0.15, -0.1) is 0 Å². The van der Waals surface area contributed by atoms with E-state index in [0.29, 0.717) is 0 Å². The number of nitrogens with zero attached hydrogens (tertiary/aromatic N) is 2. The number of carbonyl (C=O) groups excluding carboxylic acids is 1. The Morgan fingerprint density at radius 2 is 2.13 bits per heavy atom. The Hall–Kier alpha value is -1.65. The number of aromatic nitrogens is 1. The zero-order valence-corrected chi connectivity index (χ0v) is 13.5. The average Bonchev–Trinajstić information content (AvgIpc) is 2.94. The average molecular weight is 310 g/mol. The predicted molar refractivity (Wildman–Crippen MR) is 88.5 cm³/mol. The van der Waals surface area contributed by atoms with Gasteiger partial charge in [-0.3, -0.25) is 14.3 Å². The number of aliphatic hydroxyl groups is 1. The molecule has 0 bridgehead atoms. The summed E-state index contributed by atoms with van der Waals surface area (Å²) in [5.41, 5.74) is 3.17. The molecule has 0 aliphatic carbocycles. The van der Waals surface area contributed by atoms with E-state index in [9.17, 15) is 9.90 Å². The lowest BCUT2D eigenvalue weighted by Crippen LogP contribution is -2.60. The largest absolute Gasteiger partial charge is 0.383 e. The van der Waals surface area contributed by atoms with Crippen LogP contribution in [0.3, 0.4) is 0 Å². The Bertz CT molecular complexity index is 824. The maximum absolute atomic E-state index is 13.1. The molecule has 0 unspecified atom stereocenters. The highest BCUT2D eigenvalue weighted by Crippen LogP contribution is 2.56. The molecule has 1 saturated heterocycles. The highest BCUT2D eigenvalue weighted by Gasteiger charge is 2.58. The smallest absolute Gasteiger partial charge is 0.260 e. The topological polar surface area (TPSA) is 45.5 Å². The van der Waals surface area contributed by atoms with Gasteiger partial charge in [0.25, 0.3) is 5.91 Å². The van der Waals surface area contributed by atoms with Crippen molar-refractivity contribution in [1.29, 1.82) is 0 Å². The molecule has 0 saturated carbocycles. The first-order valence-corrected chi connectivity index (χ1v) is 8.77. The van der Waals surface area contributed by atoms with Gasteiger partial charge in [0.15, 0.2) is 0 Å². The van der Waals surface area contributed by atoms with E-state index in [-0.39, 0.29) is 17.4 Å². The molecular formula is C19H22N2O2. The van der Waals surface area contributed by atoms with Crippen LogP contribution in [0.1, 0.15) is 48.3 Å². The van der Waals surface area contributed by atoms with Crippen LogP contribution < -0.4 is 0 Å². The minimum atomic E-state index is -0.894. The van der Waals surface area contributed by atoms with Gasteiger partial charge >= 0.3 is 0 Å². The summed E-state index contributed by atoms with van der Waals surface area (Å²) in [4.78, 5) is 15.6. The minimum absolute atomic E-state index is 0.121. The molecule has 23 heavy (non-hydrogen) atoms. The first-order chi connectivity index (χ1) is 11.2. The van der Waals surface area contributed by atoms with Crippen molar-refractivity contribution in [3.05, 3.63) is 35.5 Å². The molecule has 4 nitrogen and oxygen atoms in total. The summed E-state index contributed by atoms with van der Waals surface area (Å²) in [6.45, 7) is 4.25. The van der Waals surface area contributed by atoms with E-state index in [1.807, 2.05) is 22.8 Å². The van der Waals surface area contributed by atoms with Gasteiger partial charge in [-0.05, 0) is 43.9 Å². The van der Waals surface area contributed by atoms with Crippen LogP contribution >= 0.6 is 0 Å². The van der Waals surface area contributed by atoms with Crippen molar-refractivity contribution >= 4 is 16.8 Å². The molecule has 0 amide bonds. The first-order valence-electron chi connectivity index (χ1n) is 8.77. The van der Waals surface area contributed by atoms with E-state index in [4.69, 9.17) is 0 Å². The zero-order valence-electron chi connectivity index (χ0n) is 13.5. The van der Waals surface area contributed by atoms with Gasteiger partial charge < -0.3 is 5.11 Å². The Morgan fingerprint density at radius 3 is 2.96 bits per heavy atom. The zero-order chi connectivity index (χ0) is 15.8. The molecule has 4 heterocycles. The number of para-hydroxylation sites is 1. The number of aliphatic hydroxyl groups excluding tert-OH is 1. The fraction of sp³-hybridized carbons (Fsp3) is 0.526. The van der Waals surface area contributed by atoms with Crippen molar-refractivity contribution in [2.24, 2.45) is 5.41 Å². The summed E-state index contributed by atoms with van der Waals surface area (Å²) in [5.74, 6) is -0.121. The van der Waals surface area contributed by atoms with E-state index < -0.39 is 6.10 Å². The molecule has 2 aromatic rings. The van der Waals surface area contributed by atoms with E-state index in [2.05, 4.69) is 17.9 Å². The van der Waals surface area contributed by atoms with Crippen molar-refractivity contribution in [1.82, 2.24) is 9.47 Å². The highest BCUT2D eigenvalue weighted by molar-refractivity contribution is 5.99. The van der Waals surface area contributed by atoms with E-state index in [1.54, 1.807) is 0 Å². The van der Waals surface area contributed by atoms with Gasteiger partial charge in [-0.1, -0.05) is 25.1 Å². The Balaban J connectivity index is 1.90. The van der Waals surface area contributed by atoms with Crippen LogP contribution in [0.15, 0.2) is 24.3 Å². The predicted octanol–water partition coefficient (Wildman–Crippen LogP) is 2.75. The maximum Gasteiger partial charge on any atom is 0.260 e. The lowest BCUT2D eigenvalue weighted by molar-refractivity contribution is -0.0853. The quantitative estimate of drug-likeness (QED) is 0.881. The number of piperidine rings is 1. The normalized spacial score (nSPS) is 33.0. The standard InChI is InChI=1S/C19H22N2O2/c1-2-19-9-5-10-20-11-8-13-12-6-3-4-7-14(12)21(15(13)16(19)20)18(23)17(19)22/h3-4,6-7,16-17,22H,2,5,8-11H2,1H3/t16-,17-,19-/m0/s1. The van der Waals surface area contributed by atoms with Gasteiger partial charge in [-0.25, -0.2) is 0 Å². The number of hydrogen-bond donors (Lipinski definition) is 1. The molecule has 3 aliphatic rings. The van der Waals surface area contributed by atoms with Crippen LogP contribution in [0.2, 0.25) is 0 Å². The summed E-state index contributed by atoms with van der Waals surface area (Å²) in [6, 6.07) is 8.36. The summed E-state index contributed by atoms with van der Waals surface area (Å²) in [6.07, 6.45) is 2.97.